The largest absolute Gasteiger partial charge is 0.472 e. The van der Waals surface area contributed by atoms with Gasteiger partial charge in [-0.3, -0.25) is 9.12 Å². The number of hydrogen-bond acceptors (Lipinski definition) is 5. The van der Waals surface area contributed by atoms with E-state index >= 15 is 0 Å². The molecule has 0 saturated heterocycles. The Morgan fingerprint density at radius 2 is 1.92 bits per heavy atom. The first-order chi connectivity index (χ1) is 12.0. The normalized spacial score (nSPS) is 11.7. The Labute approximate surface area is 144 Å². The summed E-state index contributed by atoms with van der Waals surface area (Å²) in [5, 5.41) is 8.41. The number of anilines is 1. The SMILES string of the molecule is CS(=O)(=O)Nc1cccc(-c2nnc3ccc(-c4ccoc4)cn23)c1. The van der Waals surface area contributed by atoms with Crippen molar-refractivity contribution in [2.45, 2.75) is 0 Å². The number of nitrogens with zero attached hydrogens (tertiary/aromatic N) is 3. The molecule has 0 unspecified atom stereocenters. The van der Waals surface area contributed by atoms with Crippen LogP contribution in [0.4, 0.5) is 5.69 Å². The third-order valence-corrected chi connectivity index (χ3v) is 4.29. The van der Waals surface area contributed by atoms with E-state index in [0.717, 1.165) is 22.9 Å². The van der Waals surface area contributed by atoms with Crippen LogP contribution in [0.25, 0.3) is 28.2 Å². The van der Waals surface area contributed by atoms with E-state index in [0.29, 0.717) is 17.2 Å². The lowest BCUT2D eigenvalue weighted by Gasteiger charge is -2.06. The molecule has 8 heteroatoms. The number of rotatable bonds is 4. The molecular weight excluding hydrogens is 340 g/mol. The molecule has 0 aliphatic rings. The van der Waals surface area contributed by atoms with Gasteiger partial charge in [0.15, 0.2) is 11.5 Å². The molecule has 1 aromatic carbocycles. The van der Waals surface area contributed by atoms with Crippen LogP contribution in [-0.4, -0.2) is 29.3 Å². The van der Waals surface area contributed by atoms with Crippen LogP contribution in [0.15, 0.2) is 65.6 Å². The van der Waals surface area contributed by atoms with Gasteiger partial charge < -0.3 is 4.42 Å². The Balaban J connectivity index is 1.81. The van der Waals surface area contributed by atoms with Gasteiger partial charge in [-0.2, -0.15) is 0 Å². The maximum absolute atomic E-state index is 11.4. The summed E-state index contributed by atoms with van der Waals surface area (Å²) >= 11 is 0. The van der Waals surface area contributed by atoms with Crippen LogP contribution in [0.5, 0.6) is 0 Å². The summed E-state index contributed by atoms with van der Waals surface area (Å²) in [4.78, 5) is 0. The predicted octanol–water partition coefficient (Wildman–Crippen LogP) is 3.03. The summed E-state index contributed by atoms with van der Waals surface area (Å²) in [6.45, 7) is 0. The zero-order valence-corrected chi connectivity index (χ0v) is 14.1. The lowest BCUT2D eigenvalue weighted by Crippen LogP contribution is -2.09. The van der Waals surface area contributed by atoms with Crippen LogP contribution in [-0.2, 0) is 10.0 Å². The van der Waals surface area contributed by atoms with Gasteiger partial charge in [-0.15, -0.1) is 10.2 Å². The van der Waals surface area contributed by atoms with Crippen molar-refractivity contribution in [3.63, 3.8) is 0 Å². The molecule has 4 aromatic rings. The summed E-state index contributed by atoms with van der Waals surface area (Å²) in [5.74, 6) is 0.623. The number of aromatic nitrogens is 3. The molecule has 0 spiro atoms. The fraction of sp³-hybridized carbons (Fsp3) is 0.0588. The number of nitrogens with one attached hydrogen (secondary N) is 1. The van der Waals surface area contributed by atoms with Gasteiger partial charge in [0.05, 0.1) is 18.8 Å². The molecule has 4 rings (SSSR count). The highest BCUT2D eigenvalue weighted by Gasteiger charge is 2.11. The first-order valence-electron chi connectivity index (χ1n) is 7.45. The van der Waals surface area contributed by atoms with Crippen LogP contribution in [0.2, 0.25) is 0 Å². The minimum atomic E-state index is -3.34. The predicted molar refractivity (Wildman–Crippen MR) is 94.6 cm³/mol. The van der Waals surface area contributed by atoms with E-state index in [2.05, 4.69) is 14.9 Å². The van der Waals surface area contributed by atoms with Gasteiger partial charge in [-0.1, -0.05) is 12.1 Å². The van der Waals surface area contributed by atoms with Gasteiger partial charge in [0.1, 0.15) is 0 Å². The molecule has 25 heavy (non-hydrogen) atoms. The topological polar surface area (TPSA) is 89.5 Å². The van der Waals surface area contributed by atoms with E-state index in [9.17, 15) is 8.42 Å². The maximum Gasteiger partial charge on any atom is 0.229 e. The van der Waals surface area contributed by atoms with Gasteiger partial charge in [0.25, 0.3) is 0 Å². The fourth-order valence-electron chi connectivity index (χ4n) is 2.62. The van der Waals surface area contributed by atoms with Gasteiger partial charge in [-0.05, 0) is 30.3 Å². The quantitative estimate of drug-likeness (QED) is 0.608. The third kappa shape index (κ3) is 3.11. The van der Waals surface area contributed by atoms with Crippen molar-refractivity contribution in [1.29, 1.82) is 0 Å². The zero-order chi connectivity index (χ0) is 17.4. The van der Waals surface area contributed by atoms with Gasteiger partial charge >= 0.3 is 0 Å². The molecule has 126 valence electrons. The van der Waals surface area contributed by atoms with E-state index in [4.69, 9.17) is 4.42 Å². The molecule has 0 aliphatic carbocycles. The van der Waals surface area contributed by atoms with Crippen LogP contribution < -0.4 is 4.72 Å². The van der Waals surface area contributed by atoms with Crippen LogP contribution in [0, 0.1) is 0 Å². The second-order valence-electron chi connectivity index (χ2n) is 5.64. The molecule has 7 nitrogen and oxygen atoms in total. The lowest BCUT2D eigenvalue weighted by atomic mass is 10.1. The zero-order valence-electron chi connectivity index (χ0n) is 13.2. The Morgan fingerprint density at radius 1 is 1.04 bits per heavy atom. The summed E-state index contributed by atoms with van der Waals surface area (Å²) < 4.78 is 32.3. The van der Waals surface area contributed by atoms with E-state index < -0.39 is 10.0 Å². The van der Waals surface area contributed by atoms with Crippen molar-refractivity contribution in [3.8, 4) is 22.5 Å². The average Bonchev–Trinajstić information content (AvgIpc) is 3.22. The number of pyridine rings is 1. The molecule has 3 heterocycles. The Hall–Kier alpha value is -3.13. The second-order valence-corrected chi connectivity index (χ2v) is 7.39. The van der Waals surface area contributed by atoms with Crippen molar-refractivity contribution >= 4 is 21.4 Å². The molecule has 0 bridgehead atoms. The van der Waals surface area contributed by atoms with E-state index in [1.54, 1.807) is 30.7 Å². The molecular formula is C17H14N4O3S. The molecule has 0 atom stereocenters. The van der Waals surface area contributed by atoms with Crippen LogP contribution in [0.3, 0.4) is 0 Å². The van der Waals surface area contributed by atoms with Gasteiger partial charge in [0, 0.05) is 28.6 Å². The standard InChI is InChI=1S/C17H14N4O3S/c1-25(22,23)20-15-4-2-3-12(9-15)17-19-18-16-6-5-13(10-21(16)17)14-7-8-24-11-14/h2-11,20H,1H3. The molecule has 3 aromatic heterocycles. The van der Waals surface area contributed by atoms with Crippen LogP contribution >= 0.6 is 0 Å². The number of benzene rings is 1. The highest BCUT2D eigenvalue weighted by atomic mass is 32.2. The molecule has 0 fully saturated rings. The van der Waals surface area contributed by atoms with Crippen molar-refractivity contribution in [2.75, 3.05) is 11.0 Å². The summed E-state index contributed by atoms with van der Waals surface area (Å²) in [5.41, 5.74) is 3.85. The lowest BCUT2D eigenvalue weighted by molar-refractivity contribution is 0.568. The highest BCUT2D eigenvalue weighted by molar-refractivity contribution is 7.92. The maximum atomic E-state index is 11.4. The molecule has 0 radical (unpaired) electrons. The van der Waals surface area contributed by atoms with E-state index in [1.165, 1.54) is 0 Å². The number of fused-ring (bicyclic) bond motifs is 1. The van der Waals surface area contributed by atoms with Crippen molar-refractivity contribution in [2.24, 2.45) is 0 Å². The molecule has 0 aliphatic heterocycles. The summed E-state index contributed by atoms with van der Waals surface area (Å²) in [6, 6.07) is 12.7. The van der Waals surface area contributed by atoms with Gasteiger partial charge in [-0.25, -0.2) is 8.42 Å². The smallest absolute Gasteiger partial charge is 0.229 e. The molecule has 1 N–H and O–H groups in total. The molecule has 0 saturated carbocycles. The average molecular weight is 354 g/mol. The van der Waals surface area contributed by atoms with E-state index in [1.807, 2.05) is 34.9 Å². The summed E-state index contributed by atoms with van der Waals surface area (Å²) in [7, 11) is -3.34. The van der Waals surface area contributed by atoms with Gasteiger partial charge in [0.2, 0.25) is 10.0 Å². The first kappa shape index (κ1) is 15.4. The molecule has 0 amide bonds. The number of hydrogen-bond donors (Lipinski definition) is 1. The number of sulfonamides is 1. The minimum absolute atomic E-state index is 0.475. The highest BCUT2D eigenvalue weighted by Crippen LogP contribution is 2.25. The monoisotopic (exact) mass is 354 g/mol. The Kier molecular flexibility index (Phi) is 3.54. The fourth-order valence-corrected chi connectivity index (χ4v) is 3.18. The first-order valence-corrected chi connectivity index (χ1v) is 9.34. The van der Waals surface area contributed by atoms with Crippen molar-refractivity contribution in [1.82, 2.24) is 14.6 Å². The minimum Gasteiger partial charge on any atom is -0.472 e. The second kappa shape index (κ2) is 5.75. The van der Waals surface area contributed by atoms with E-state index in [-0.39, 0.29) is 0 Å². The number of furan rings is 1. The van der Waals surface area contributed by atoms with Crippen molar-refractivity contribution < 1.29 is 12.8 Å². The van der Waals surface area contributed by atoms with Crippen molar-refractivity contribution in [3.05, 3.63) is 61.2 Å². The summed E-state index contributed by atoms with van der Waals surface area (Å²) in [6.07, 6.45) is 6.32. The van der Waals surface area contributed by atoms with Crippen LogP contribution in [0.1, 0.15) is 0 Å². The Morgan fingerprint density at radius 3 is 2.68 bits per heavy atom. The Bertz CT molecular complexity index is 1150. The third-order valence-electron chi connectivity index (χ3n) is 3.68.